The number of hydrogen-bond donors (Lipinski definition) is 1. The lowest BCUT2D eigenvalue weighted by Crippen LogP contribution is -2.52. The van der Waals surface area contributed by atoms with Crippen LogP contribution in [-0.2, 0) is 16.0 Å². The number of carbonyl (C=O) groups excluding carboxylic acids is 2. The predicted octanol–water partition coefficient (Wildman–Crippen LogP) is 3.90. The summed E-state index contributed by atoms with van der Waals surface area (Å²) in [6, 6.07) is 5.58. The maximum Gasteiger partial charge on any atom is 0.220 e. The lowest BCUT2D eigenvalue weighted by atomic mass is 9.75. The Hall–Kier alpha value is -1.71. The van der Waals surface area contributed by atoms with Crippen LogP contribution in [-0.4, -0.2) is 17.7 Å². The Balaban J connectivity index is 2.71. The van der Waals surface area contributed by atoms with E-state index in [1.54, 1.807) is 12.1 Å². The van der Waals surface area contributed by atoms with E-state index in [9.17, 15) is 14.0 Å². The second kappa shape index (κ2) is 7.24. The zero-order valence-corrected chi connectivity index (χ0v) is 15.0. The first kappa shape index (κ1) is 19.3. The number of Topliss-reactive ketones (excluding diaryl/α,β-unsaturated/α-hetero) is 1. The molecule has 3 nitrogen and oxygen atoms in total. The van der Waals surface area contributed by atoms with Gasteiger partial charge in [0.15, 0.2) is 5.78 Å². The number of amides is 1. The van der Waals surface area contributed by atoms with Crippen molar-refractivity contribution in [3.8, 4) is 0 Å². The third-order valence-corrected chi connectivity index (χ3v) is 3.73. The fourth-order valence-corrected chi connectivity index (χ4v) is 2.25. The minimum atomic E-state index is -0.525. The number of carbonyl (C=O) groups is 2. The largest absolute Gasteiger partial charge is 0.346 e. The fourth-order valence-electron chi connectivity index (χ4n) is 2.25. The van der Waals surface area contributed by atoms with Crippen LogP contribution in [0, 0.1) is 16.6 Å². The Morgan fingerprint density at radius 1 is 1.04 bits per heavy atom. The number of halogens is 1. The van der Waals surface area contributed by atoms with Gasteiger partial charge in [-0.3, -0.25) is 9.59 Å². The maximum absolute atomic E-state index is 12.9. The molecule has 0 aromatic heterocycles. The highest BCUT2D eigenvalue weighted by Gasteiger charge is 2.38. The van der Waals surface area contributed by atoms with Gasteiger partial charge in [0.05, 0.1) is 6.04 Å². The fraction of sp³-hybridized carbons (Fsp3) is 0.579. The molecule has 0 fully saturated rings. The average Bonchev–Trinajstić information content (AvgIpc) is 2.41. The molecule has 1 unspecified atom stereocenters. The Kier molecular flexibility index (Phi) is 6.09. The lowest BCUT2D eigenvalue weighted by molar-refractivity contribution is -0.135. The van der Waals surface area contributed by atoms with Crippen LogP contribution in [0.1, 0.15) is 53.5 Å². The Morgan fingerprint density at radius 3 is 2.00 bits per heavy atom. The molecule has 1 atom stereocenters. The summed E-state index contributed by atoms with van der Waals surface area (Å²) in [5, 5.41) is 2.88. The van der Waals surface area contributed by atoms with Crippen LogP contribution in [0.2, 0.25) is 0 Å². The minimum absolute atomic E-state index is 0.0279. The molecular formula is C19H28FNO2. The van der Waals surface area contributed by atoms with Crippen LogP contribution in [0.4, 0.5) is 4.39 Å². The van der Waals surface area contributed by atoms with Gasteiger partial charge in [-0.25, -0.2) is 4.39 Å². The van der Waals surface area contributed by atoms with E-state index in [0.29, 0.717) is 6.42 Å². The number of ketones is 1. The van der Waals surface area contributed by atoms with E-state index >= 15 is 0 Å². The SMILES string of the molecule is CC(C)(C)C(=O)C(NC(=O)CCc1ccc(F)cc1)C(C)(C)C. The van der Waals surface area contributed by atoms with Crippen molar-refractivity contribution in [1.82, 2.24) is 5.32 Å². The molecule has 1 aromatic rings. The average molecular weight is 321 g/mol. The number of nitrogens with one attached hydrogen (secondary N) is 1. The highest BCUT2D eigenvalue weighted by molar-refractivity contribution is 5.93. The Labute approximate surface area is 138 Å². The van der Waals surface area contributed by atoms with Crippen molar-refractivity contribution in [3.63, 3.8) is 0 Å². The highest BCUT2D eigenvalue weighted by atomic mass is 19.1. The minimum Gasteiger partial charge on any atom is -0.346 e. The van der Waals surface area contributed by atoms with E-state index in [4.69, 9.17) is 0 Å². The molecule has 1 N–H and O–H groups in total. The zero-order valence-electron chi connectivity index (χ0n) is 15.0. The van der Waals surface area contributed by atoms with Crippen LogP contribution in [0.15, 0.2) is 24.3 Å². The van der Waals surface area contributed by atoms with Gasteiger partial charge in [0.2, 0.25) is 5.91 Å². The van der Waals surface area contributed by atoms with E-state index in [1.165, 1.54) is 12.1 Å². The number of benzene rings is 1. The zero-order chi connectivity index (χ0) is 17.8. The molecule has 0 saturated carbocycles. The molecule has 0 bridgehead atoms. The summed E-state index contributed by atoms with van der Waals surface area (Å²) in [6.45, 7) is 11.4. The topological polar surface area (TPSA) is 46.2 Å². The first-order chi connectivity index (χ1) is 10.4. The number of rotatable bonds is 5. The van der Waals surface area contributed by atoms with E-state index in [0.717, 1.165) is 5.56 Å². The molecule has 23 heavy (non-hydrogen) atoms. The van der Waals surface area contributed by atoms with E-state index in [1.807, 2.05) is 41.5 Å². The van der Waals surface area contributed by atoms with Crippen molar-refractivity contribution >= 4 is 11.7 Å². The first-order valence-corrected chi connectivity index (χ1v) is 7.99. The second-order valence-corrected chi connectivity index (χ2v) is 8.11. The summed E-state index contributed by atoms with van der Waals surface area (Å²) in [4.78, 5) is 24.8. The van der Waals surface area contributed by atoms with E-state index < -0.39 is 11.5 Å². The van der Waals surface area contributed by atoms with Crippen LogP contribution in [0.5, 0.6) is 0 Å². The normalized spacial score (nSPS) is 13.5. The standard InChI is InChI=1S/C19H28FNO2/c1-18(2,3)16(17(23)19(4,5)6)21-15(22)12-9-13-7-10-14(20)11-8-13/h7-8,10-11,16H,9,12H2,1-6H3,(H,21,22). The molecule has 0 saturated heterocycles. The first-order valence-electron chi connectivity index (χ1n) is 7.99. The predicted molar refractivity (Wildman–Crippen MR) is 90.6 cm³/mol. The summed E-state index contributed by atoms with van der Waals surface area (Å²) in [5.74, 6) is -0.422. The van der Waals surface area contributed by atoms with Crippen molar-refractivity contribution < 1.29 is 14.0 Å². The third kappa shape index (κ3) is 6.12. The molecule has 128 valence electrons. The van der Waals surface area contributed by atoms with E-state index in [2.05, 4.69) is 5.32 Å². The molecular weight excluding hydrogens is 293 g/mol. The van der Waals surface area contributed by atoms with Crippen molar-refractivity contribution in [2.75, 3.05) is 0 Å². The molecule has 1 amide bonds. The van der Waals surface area contributed by atoms with Crippen molar-refractivity contribution in [2.24, 2.45) is 10.8 Å². The molecule has 0 spiro atoms. The van der Waals surface area contributed by atoms with Gasteiger partial charge in [-0.05, 0) is 29.5 Å². The third-order valence-electron chi connectivity index (χ3n) is 3.73. The highest BCUT2D eigenvalue weighted by Crippen LogP contribution is 2.27. The van der Waals surface area contributed by atoms with Crippen LogP contribution in [0.3, 0.4) is 0 Å². The molecule has 4 heteroatoms. The maximum atomic E-state index is 12.9. The van der Waals surface area contributed by atoms with Gasteiger partial charge in [-0.15, -0.1) is 0 Å². The molecule has 0 heterocycles. The van der Waals surface area contributed by atoms with Gasteiger partial charge >= 0.3 is 0 Å². The molecule has 0 aliphatic rings. The van der Waals surface area contributed by atoms with Gasteiger partial charge < -0.3 is 5.32 Å². The van der Waals surface area contributed by atoms with Crippen LogP contribution < -0.4 is 5.32 Å². The van der Waals surface area contributed by atoms with Gasteiger partial charge in [0, 0.05) is 11.8 Å². The van der Waals surface area contributed by atoms with Gasteiger partial charge in [-0.1, -0.05) is 53.7 Å². The van der Waals surface area contributed by atoms with Gasteiger partial charge in [0.25, 0.3) is 0 Å². The van der Waals surface area contributed by atoms with Crippen molar-refractivity contribution in [3.05, 3.63) is 35.6 Å². The molecule has 1 aromatic carbocycles. The van der Waals surface area contributed by atoms with Crippen LogP contribution in [0.25, 0.3) is 0 Å². The van der Waals surface area contributed by atoms with Gasteiger partial charge in [-0.2, -0.15) is 0 Å². The van der Waals surface area contributed by atoms with Crippen molar-refractivity contribution in [1.29, 1.82) is 0 Å². The number of hydrogen-bond acceptors (Lipinski definition) is 2. The summed E-state index contributed by atoms with van der Waals surface area (Å²) < 4.78 is 12.9. The number of aryl methyl sites for hydroxylation is 1. The molecule has 1 rings (SSSR count). The lowest BCUT2D eigenvalue weighted by Gasteiger charge is -2.34. The molecule has 0 aliphatic heterocycles. The van der Waals surface area contributed by atoms with Gasteiger partial charge in [0.1, 0.15) is 5.82 Å². The molecule has 0 radical (unpaired) electrons. The quantitative estimate of drug-likeness (QED) is 0.894. The smallest absolute Gasteiger partial charge is 0.220 e. The molecule has 0 aliphatic carbocycles. The summed E-state index contributed by atoms with van der Waals surface area (Å²) in [5.41, 5.74) is 0.0361. The summed E-state index contributed by atoms with van der Waals surface area (Å²) >= 11 is 0. The second-order valence-electron chi connectivity index (χ2n) is 8.11. The Morgan fingerprint density at radius 2 is 1.57 bits per heavy atom. The monoisotopic (exact) mass is 321 g/mol. The Bertz CT molecular complexity index is 550. The van der Waals surface area contributed by atoms with Crippen LogP contribution >= 0.6 is 0 Å². The summed E-state index contributed by atoms with van der Waals surface area (Å²) in [6.07, 6.45) is 0.794. The van der Waals surface area contributed by atoms with Crippen molar-refractivity contribution in [2.45, 2.75) is 60.4 Å². The van der Waals surface area contributed by atoms with E-state index in [-0.39, 0.29) is 29.3 Å². The summed E-state index contributed by atoms with van der Waals surface area (Å²) in [7, 11) is 0.